The molecule has 4 rings (SSSR count). The number of carbonyl (C=O) groups excluding carboxylic acids is 2. The van der Waals surface area contributed by atoms with Gasteiger partial charge in [-0.3, -0.25) is 14.5 Å². The highest BCUT2D eigenvalue weighted by molar-refractivity contribution is 8.00. The van der Waals surface area contributed by atoms with Crippen molar-refractivity contribution in [3.8, 4) is 5.75 Å². The number of hydrogen-bond donors (Lipinski definition) is 1. The van der Waals surface area contributed by atoms with Crippen LogP contribution in [0.4, 0.5) is 11.4 Å². The van der Waals surface area contributed by atoms with E-state index in [-0.39, 0.29) is 17.2 Å². The van der Waals surface area contributed by atoms with Gasteiger partial charge in [0.05, 0.1) is 18.6 Å². The van der Waals surface area contributed by atoms with Gasteiger partial charge in [-0.05, 0) is 48.9 Å². The summed E-state index contributed by atoms with van der Waals surface area (Å²) in [7, 11) is 1.59. The molecule has 0 unspecified atom stereocenters. The molecule has 1 N–H and O–H groups in total. The lowest BCUT2D eigenvalue weighted by molar-refractivity contribution is -0.115. The third-order valence-corrected chi connectivity index (χ3v) is 6.45. The molecule has 0 aliphatic carbocycles. The number of amides is 2. The fourth-order valence-corrected chi connectivity index (χ4v) is 4.95. The number of hydrogen-bond acceptors (Lipinski definition) is 4. The Balaban J connectivity index is 1.70. The number of thioether (sulfide) groups is 1. The number of para-hydroxylation sites is 1. The summed E-state index contributed by atoms with van der Waals surface area (Å²) >= 11 is 7.55. The Labute approximate surface area is 190 Å². The lowest BCUT2D eigenvalue weighted by atomic mass is 10.1. The average Bonchev–Trinajstić information content (AvgIpc) is 3.15. The maximum Gasteiger partial charge on any atom is 0.255 e. The van der Waals surface area contributed by atoms with E-state index in [9.17, 15) is 9.59 Å². The number of anilines is 2. The molecule has 1 heterocycles. The summed E-state index contributed by atoms with van der Waals surface area (Å²) in [6, 6.07) is 20.1. The van der Waals surface area contributed by atoms with Crippen molar-refractivity contribution in [2.24, 2.45) is 0 Å². The highest BCUT2D eigenvalue weighted by Crippen LogP contribution is 2.46. The number of rotatable bonds is 5. The molecule has 1 aliphatic rings. The van der Waals surface area contributed by atoms with Crippen LogP contribution in [0.15, 0.2) is 66.7 Å². The normalized spacial score (nSPS) is 15.8. The monoisotopic (exact) mass is 452 g/mol. The minimum absolute atomic E-state index is 0.00475. The fraction of sp³-hybridized carbons (Fsp3) is 0.167. The number of nitrogens with one attached hydrogen (secondary N) is 1. The molecule has 3 aromatic rings. The summed E-state index contributed by atoms with van der Waals surface area (Å²) in [5.41, 5.74) is 3.71. The van der Waals surface area contributed by atoms with Gasteiger partial charge in [-0.15, -0.1) is 11.8 Å². The third-order valence-electron chi connectivity index (χ3n) is 5.02. The second kappa shape index (κ2) is 9.04. The van der Waals surface area contributed by atoms with Gasteiger partial charge in [0.25, 0.3) is 5.91 Å². The van der Waals surface area contributed by atoms with Gasteiger partial charge in [0.2, 0.25) is 5.91 Å². The summed E-state index contributed by atoms with van der Waals surface area (Å²) in [5.74, 6) is 0.712. The smallest absolute Gasteiger partial charge is 0.255 e. The lowest BCUT2D eigenvalue weighted by Gasteiger charge is -2.27. The van der Waals surface area contributed by atoms with Gasteiger partial charge in [-0.1, -0.05) is 41.9 Å². The summed E-state index contributed by atoms with van der Waals surface area (Å²) in [6.07, 6.45) is 0. The van der Waals surface area contributed by atoms with Crippen LogP contribution in [0.1, 0.15) is 26.9 Å². The van der Waals surface area contributed by atoms with Crippen LogP contribution in [0, 0.1) is 6.92 Å². The molecule has 31 heavy (non-hydrogen) atoms. The van der Waals surface area contributed by atoms with Gasteiger partial charge < -0.3 is 10.1 Å². The Morgan fingerprint density at radius 1 is 1.13 bits per heavy atom. The molecule has 2 amide bonds. The van der Waals surface area contributed by atoms with E-state index in [2.05, 4.69) is 5.32 Å². The van der Waals surface area contributed by atoms with Crippen molar-refractivity contribution in [1.29, 1.82) is 0 Å². The number of nitrogens with zero attached hydrogens (tertiary/aromatic N) is 1. The number of aryl methyl sites for hydroxylation is 1. The molecule has 1 atom stereocenters. The molecule has 0 spiro atoms. The zero-order chi connectivity index (χ0) is 22.0. The van der Waals surface area contributed by atoms with E-state index >= 15 is 0 Å². The van der Waals surface area contributed by atoms with Crippen molar-refractivity contribution >= 4 is 46.6 Å². The largest absolute Gasteiger partial charge is 0.495 e. The van der Waals surface area contributed by atoms with Crippen molar-refractivity contribution < 1.29 is 14.3 Å². The first-order chi connectivity index (χ1) is 15.0. The predicted molar refractivity (Wildman–Crippen MR) is 126 cm³/mol. The van der Waals surface area contributed by atoms with Crippen LogP contribution in [-0.4, -0.2) is 24.7 Å². The minimum atomic E-state index is -0.293. The number of halogens is 1. The Bertz CT molecular complexity index is 1150. The average molecular weight is 453 g/mol. The quantitative estimate of drug-likeness (QED) is 0.540. The SMILES string of the molecule is COc1ccc(C)cc1N1C(=O)CS[C@@H]1c1ccccc1NC(=O)c1cccc(Cl)c1. The van der Waals surface area contributed by atoms with E-state index in [1.165, 1.54) is 11.8 Å². The van der Waals surface area contributed by atoms with Gasteiger partial charge in [0, 0.05) is 21.8 Å². The summed E-state index contributed by atoms with van der Waals surface area (Å²) in [5, 5.41) is 3.18. The van der Waals surface area contributed by atoms with Crippen molar-refractivity contribution in [3.63, 3.8) is 0 Å². The Hall–Kier alpha value is -2.96. The molecule has 1 aliphatic heterocycles. The second-order valence-corrected chi connectivity index (χ2v) is 8.66. The molecule has 0 aromatic heterocycles. The van der Waals surface area contributed by atoms with Crippen LogP contribution in [0.2, 0.25) is 5.02 Å². The maximum absolute atomic E-state index is 12.9. The van der Waals surface area contributed by atoms with Crippen LogP contribution in [-0.2, 0) is 4.79 Å². The summed E-state index contributed by atoms with van der Waals surface area (Å²) in [4.78, 5) is 27.4. The van der Waals surface area contributed by atoms with Crippen molar-refractivity contribution in [2.75, 3.05) is 23.1 Å². The molecule has 3 aromatic carbocycles. The predicted octanol–water partition coefficient (Wildman–Crippen LogP) is 5.69. The zero-order valence-electron chi connectivity index (χ0n) is 17.1. The van der Waals surface area contributed by atoms with Crippen LogP contribution in [0.25, 0.3) is 0 Å². The summed E-state index contributed by atoms with van der Waals surface area (Å²) in [6.45, 7) is 1.98. The van der Waals surface area contributed by atoms with E-state index < -0.39 is 0 Å². The van der Waals surface area contributed by atoms with E-state index in [0.29, 0.717) is 27.8 Å². The third kappa shape index (κ3) is 4.40. The first-order valence-electron chi connectivity index (χ1n) is 9.72. The van der Waals surface area contributed by atoms with Crippen LogP contribution in [0.5, 0.6) is 5.75 Å². The van der Waals surface area contributed by atoms with Gasteiger partial charge in [0.1, 0.15) is 11.1 Å². The second-order valence-electron chi connectivity index (χ2n) is 7.15. The first-order valence-corrected chi connectivity index (χ1v) is 11.1. The van der Waals surface area contributed by atoms with Crippen LogP contribution in [0.3, 0.4) is 0 Å². The van der Waals surface area contributed by atoms with Gasteiger partial charge in [0.15, 0.2) is 0 Å². The Morgan fingerprint density at radius 2 is 1.94 bits per heavy atom. The highest BCUT2D eigenvalue weighted by Gasteiger charge is 2.37. The number of methoxy groups -OCH3 is 1. The van der Waals surface area contributed by atoms with Crippen LogP contribution < -0.4 is 15.0 Å². The number of benzene rings is 3. The van der Waals surface area contributed by atoms with Gasteiger partial charge >= 0.3 is 0 Å². The van der Waals surface area contributed by atoms with E-state index in [0.717, 1.165) is 16.8 Å². The zero-order valence-corrected chi connectivity index (χ0v) is 18.7. The molecule has 0 bridgehead atoms. The van der Waals surface area contributed by atoms with Crippen molar-refractivity contribution in [1.82, 2.24) is 0 Å². The topological polar surface area (TPSA) is 58.6 Å². The molecule has 1 fully saturated rings. The molecule has 5 nitrogen and oxygen atoms in total. The molecule has 0 radical (unpaired) electrons. The van der Waals surface area contributed by atoms with Gasteiger partial charge in [-0.25, -0.2) is 0 Å². The standard InChI is InChI=1S/C24H21ClN2O3S/c1-15-10-11-21(30-2)20(12-15)27-22(28)14-31-24(27)18-8-3-4-9-19(18)26-23(29)16-6-5-7-17(25)13-16/h3-13,24H,14H2,1-2H3,(H,26,29)/t24-/m1/s1. The molecular formula is C24H21ClN2O3S. The van der Waals surface area contributed by atoms with Crippen molar-refractivity contribution in [3.05, 3.63) is 88.4 Å². The molecular weight excluding hydrogens is 432 g/mol. The highest BCUT2D eigenvalue weighted by atomic mass is 35.5. The minimum Gasteiger partial charge on any atom is -0.495 e. The van der Waals surface area contributed by atoms with E-state index in [1.54, 1.807) is 36.3 Å². The maximum atomic E-state index is 12.9. The molecule has 1 saturated heterocycles. The number of carbonyl (C=O) groups is 2. The Kier molecular flexibility index (Phi) is 6.20. The Morgan fingerprint density at radius 3 is 2.71 bits per heavy atom. The molecule has 158 valence electrons. The fourth-order valence-electron chi connectivity index (χ4n) is 3.55. The number of ether oxygens (including phenoxy) is 1. The molecule has 7 heteroatoms. The summed E-state index contributed by atoms with van der Waals surface area (Å²) < 4.78 is 5.52. The lowest BCUT2D eigenvalue weighted by Crippen LogP contribution is -2.29. The van der Waals surface area contributed by atoms with Crippen LogP contribution >= 0.6 is 23.4 Å². The van der Waals surface area contributed by atoms with E-state index in [4.69, 9.17) is 16.3 Å². The molecule has 0 saturated carbocycles. The van der Waals surface area contributed by atoms with Gasteiger partial charge in [-0.2, -0.15) is 0 Å². The first kappa shape index (κ1) is 21.3. The van der Waals surface area contributed by atoms with Crippen molar-refractivity contribution in [2.45, 2.75) is 12.3 Å². The van der Waals surface area contributed by atoms with E-state index in [1.807, 2.05) is 49.4 Å².